The summed E-state index contributed by atoms with van der Waals surface area (Å²) in [6.45, 7) is 10.3. The molecule has 0 heterocycles. The number of nitrogens with one attached hydrogen (secondary N) is 2. The second kappa shape index (κ2) is 7.64. The number of rotatable bonds is 5. The summed E-state index contributed by atoms with van der Waals surface area (Å²) < 4.78 is 0. The fraction of sp³-hybridized carbons (Fsp3) is 0.190. The van der Waals surface area contributed by atoms with Gasteiger partial charge in [0.25, 0.3) is 5.91 Å². The topological polar surface area (TPSA) is 41.1 Å². The molecule has 0 aliphatic carbocycles. The molecule has 2 aromatic rings. The van der Waals surface area contributed by atoms with E-state index in [9.17, 15) is 4.79 Å². The van der Waals surface area contributed by atoms with E-state index in [-0.39, 0.29) is 11.3 Å². The van der Waals surface area contributed by atoms with Crippen molar-refractivity contribution in [2.75, 3.05) is 0 Å². The van der Waals surface area contributed by atoms with E-state index in [0.717, 1.165) is 5.56 Å². The van der Waals surface area contributed by atoms with Crippen molar-refractivity contribution in [2.45, 2.75) is 26.2 Å². The number of hydrogen-bond acceptors (Lipinski definition) is 2. The highest BCUT2D eigenvalue weighted by Crippen LogP contribution is 2.22. The molecule has 2 N–H and O–H groups in total. The van der Waals surface area contributed by atoms with Crippen LogP contribution >= 0.6 is 0 Å². The highest BCUT2D eigenvalue weighted by molar-refractivity contribution is 5.94. The molecule has 0 unspecified atom stereocenters. The minimum Gasteiger partial charge on any atom is -0.299 e. The minimum absolute atomic E-state index is 0.0732. The average molecular weight is 320 g/mol. The Labute approximate surface area is 144 Å². The zero-order valence-corrected chi connectivity index (χ0v) is 14.5. The van der Waals surface area contributed by atoms with Crippen LogP contribution in [0.15, 0.2) is 72.9 Å². The maximum absolute atomic E-state index is 12.1. The van der Waals surface area contributed by atoms with Crippen molar-refractivity contribution >= 4 is 12.0 Å². The van der Waals surface area contributed by atoms with Gasteiger partial charge in [0.05, 0.1) is 0 Å². The van der Waals surface area contributed by atoms with Crippen LogP contribution in [-0.4, -0.2) is 5.91 Å². The largest absolute Gasteiger partial charge is 0.299 e. The molecular weight excluding hydrogens is 296 g/mol. The van der Waals surface area contributed by atoms with E-state index < -0.39 is 0 Å². The van der Waals surface area contributed by atoms with Crippen molar-refractivity contribution in [3.8, 4) is 0 Å². The Morgan fingerprint density at radius 1 is 0.958 bits per heavy atom. The van der Waals surface area contributed by atoms with Crippen molar-refractivity contribution in [2.24, 2.45) is 0 Å². The van der Waals surface area contributed by atoms with Gasteiger partial charge in [-0.3, -0.25) is 15.6 Å². The lowest BCUT2D eigenvalue weighted by molar-refractivity contribution is 0.0939. The second-order valence-corrected chi connectivity index (χ2v) is 6.68. The van der Waals surface area contributed by atoms with Crippen LogP contribution < -0.4 is 10.9 Å². The van der Waals surface area contributed by atoms with Gasteiger partial charge in [-0.2, -0.15) is 0 Å². The van der Waals surface area contributed by atoms with Crippen LogP contribution in [0, 0.1) is 0 Å². The number of hydrazine groups is 1. The summed E-state index contributed by atoms with van der Waals surface area (Å²) >= 11 is 0. The summed E-state index contributed by atoms with van der Waals surface area (Å²) in [5.41, 5.74) is 9.03. The van der Waals surface area contributed by atoms with E-state index in [2.05, 4.69) is 38.2 Å². The van der Waals surface area contributed by atoms with Crippen LogP contribution in [0.2, 0.25) is 0 Å². The van der Waals surface area contributed by atoms with Gasteiger partial charge in [-0.25, -0.2) is 0 Å². The summed E-state index contributed by atoms with van der Waals surface area (Å²) in [4.78, 5) is 12.1. The van der Waals surface area contributed by atoms with Gasteiger partial charge in [-0.1, -0.05) is 75.9 Å². The van der Waals surface area contributed by atoms with Crippen LogP contribution in [0.25, 0.3) is 6.08 Å². The van der Waals surface area contributed by atoms with Crippen molar-refractivity contribution < 1.29 is 4.79 Å². The molecule has 3 heteroatoms. The van der Waals surface area contributed by atoms with Crippen molar-refractivity contribution in [3.05, 3.63) is 89.6 Å². The fourth-order valence-corrected chi connectivity index (χ4v) is 2.13. The van der Waals surface area contributed by atoms with Gasteiger partial charge in [0, 0.05) is 11.3 Å². The maximum atomic E-state index is 12.1. The van der Waals surface area contributed by atoms with Crippen molar-refractivity contribution in [1.82, 2.24) is 10.9 Å². The first kappa shape index (κ1) is 17.5. The molecule has 0 aromatic heterocycles. The van der Waals surface area contributed by atoms with Crippen LogP contribution in [0.1, 0.15) is 42.3 Å². The van der Waals surface area contributed by atoms with Crippen LogP contribution in [-0.2, 0) is 5.41 Å². The van der Waals surface area contributed by atoms with Crippen LogP contribution in [0.3, 0.4) is 0 Å². The summed E-state index contributed by atoms with van der Waals surface area (Å²) in [5, 5.41) is 0. The van der Waals surface area contributed by atoms with Gasteiger partial charge in [-0.05, 0) is 34.8 Å². The van der Waals surface area contributed by atoms with E-state index >= 15 is 0 Å². The van der Waals surface area contributed by atoms with Crippen LogP contribution in [0.5, 0.6) is 0 Å². The first-order valence-electron chi connectivity index (χ1n) is 7.95. The third-order valence-electron chi connectivity index (χ3n) is 3.63. The Kier molecular flexibility index (Phi) is 5.59. The number of benzene rings is 2. The molecule has 0 saturated heterocycles. The molecule has 0 radical (unpaired) electrons. The molecule has 0 fully saturated rings. The molecule has 0 aliphatic rings. The number of hydrogen-bond donors (Lipinski definition) is 2. The Morgan fingerprint density at radius 3 is 2.17 bits per heavy atom. The second-order valence-electron chi connectivity index (χ2n) is 6.68. The number of carbonyl (C=O) groups excluding carboxylic acids is 1. The van der Waals surface area contributed by atoms with Gasteiger partial charge < -0.3 is 0 Å². The van der Waals surface area contributed by atoms with Gasteiger partial charge in [0.1, 0.15) is 0 Å². The van der Waals surface area contributed by atoms with Crippen molar-refractivity contribution in [3.63, 3.8) is 0 Å². The summed E-state index contributed by atoms with van der Waals surface area (Å²) in [7, 11) is 0. The molecule has 124 valence electrons. The smallest absolute Gasteiger partial charge is 0.269 e. The Bertz CT molecular complexity index is 723. The zero-order valence-electron chi connectivity index (χ0n) is 14.5. The Hall–Kier alpha value is -2.81. The SMILES string of the molecule is C=C(C=Cc1ccccc1)NNC(=O)c1ccc(C(C)(C)C)cc1. The van der Waals surface area contributed by atoms with Gasteiger partial charge in [-0.15, -0.1) is 0 Å². The normalized spacial score (nSPS) is 11.3. The number of allylic oxidation sites excluding steroid dienone is 1. The maximum Gasteiger partial charge on any atom is 0.269 e. The summed E-state index contributed by atoms with van der Waals surface area (Å²) in [5.74, 6) is -0.190. The highest BCUT2D eigenvalue weighted by Gasteiger charge is 2.14. The van der Waals surface area contributed by atoms with E-state index in [0.29, 0.717) is 11.3 Å². The molecule has 0 atom stereocenters. The number of carbonyl (C=O) groups is 1. The van der Waals surface area contributed by atoms with Gasteiger partial charge in [0.15, 0.2) is 0 Å². The molecule has 0 aliphatic heterocycles. The minimum atomic E-state index is -0.190. The highest BCUT2D eigenvalue weighted by atomic mass is 16.2. The standard InChI is InChI=1S/C21H24N2O/c1-16(10-11-17-8-6-5-7-9-17)22-23-20(24)18-12-14-19(15-13-18)21(2,3)4/h5-15,22H,1H2,2-4H3,(H,23,24). The Morgan fingerprint density at radius 2 is 1.58 bits per heavy atom. The average Bonchev–Trinajstić information content (AvgIpc) is 2.58. The third kappa shape index (κ3) is 5.13. The predicted octanol–water partition coefficient (Wildman–Crippen LogP) is 4.45. The lowest BCUT2D eigenvalue weighted by Gasteiger charge is -2.19. The lowest BCUT2D eigenvalue weighted by atomic mass is 9.87. The zero-order chi connectivity index (χ0) is 17.6. The van der Waals surface area contributed by atoms with E-state index in [1.54, 1.807) is 0 Å². The Balaban J connectivity index is 1.88. The van der Waals surface area contributed by atoms with Gasteiger partial charge in [0.2, 0.25) is 0 Å². The third-order valence-corrected chi connectivity index (χ3v) is 3.63. The molecule has 24 heavy (non-hydrogen) atoms. The van der Waals surface area contributed by atoms with E-state index in [4.69, 9.17) is 0 Å². The molecule has 0 spiro atoms. The first-order chi connectivity index (χ1) is 11.4. The number of amides is 1. The molecule has 0 saturated carbocycles. The van der Waals surface area contributed by atoms with E-state index in [1.807, 2.05) is 66.7 Å². The van der Waals surface area contributed by atoms with Crippen LogP contribution in [0.4, 0.5) is 0 Å². The molecule has 2 aromatic carbocycles. The van der Waals surface area contributed by atoms with E-state index in [1.165, 1.54) is 5.56 Å². The fourth-order valence-electron chi connectivity index (χ4n) is 2.13. The monoisotopic (exact) mass is 320 g/mol. The molecule has 1 amide bonds. The molecule has 0 bridgehead atoms. The molecule has 2 rings (SSSR count). The van der Waals surface area contributed by atoms with Crippen molar-refractivity contribution in [1.29, 1.82) is 0 Å². The molecular formula is C21H24N2O. The quantitative estimate of drug-likeness (QED) is 0.631. The lowest BCUT2D eigenvalue weighted by Crippen LogP contribution is -2.36. The van der Waals surface area contributed by atoms with Gasteiger partial charge >= 0.3 is 0 Å². The molecule has 3 nitrogen and oxygen atoms in total. The predicted molar refractivity (Wildman–Crippen MR) is 100 cm³/mol. The first-order valence-corrected chi connectivity index (χ1v) is 7.95. The summed E-state index contributed by atoms with van der Waals surface area (Å²) in [6.07, 6.45) is 3.75. The summed E-state index contributed by atoms with van der Waals surface area (Å²) in [6, 6.07) is 17.5.